The first kappa shape index (κ1) is 15.8. The molecular weight excluding hydrogens is 261 g/mol. The summed E-state index contributed by atoms with van der Waals surface area (Å²) in [6.07, 6.45) is 2.01. The highest BCUT2D eigenvalue weighted by Crippen LogP contribution is 2.36. The normalized spacial score (nSPS) is 19.2. The maximum atomic E-state index is 9.34. The van der Waals surface area contributed by atoms with E-state index in [1.807, 2.05) is 65.8 Å². The summed E-state index contributed by atoms with van der Waals surface area (Å²) in [5, 5.41) is 9.34. The summed E-state index contributed by atoms with van der Waals surface area (Å²) >= 11 is 0. The molecule has 1 saturated heterocycles. The fourth-order valence-electron chi connectivity index (χ4n) is 2.23. The van der Waals surface area contributed by atoms with Gasteiger partial charge >= 0.3 is 7.12 Å². The van der Waals surface area contributed by atoms with Gasteiger partial charge in [-0.15, -0.1) is 0 Å². The molecule has 0 spiro atoms. The second-order valence-electron chi connectivity index (χ2n) is 6.77. The number of hydrogen-bond donors (Lipinski definition) is 0. The van der Waals surface area contributed by atoms with Crippen molar-refractivity contribution in [1.82, 2.24) is 0 Å². The SMILES string of the molecule is CC(C)=Cc1ccc(B2OC(C)(C)C(C)(C)O2)cc1C#N. The summed E-state index contributed by atoms with van der Waals surface area (Å²) in [6, 6.07) is 8.03. The van der Waals surface area contributed by atoms with Gasteiger partial charge in [0.15, 0.2) is 0 Å². The third kappa shape index (κ3) is 3.05. The topological polar surface area (TPSA) is 42.2 Å². The first-order chi connectivity index (χ1) is 9.66. The number of hydrogen-bond acceptors (Lipinski definition) is 3. The van der Waals surface area contributed by atoms with Gasteiger partial charge in [-0.1, -0.05) is 23.8 Å². The van der Waals surface area contributed by atoms with Crippen LogP contribution in [0, 0.1) is 11.3 Å². The quantitative estimate of drug-likeness (QED) is 0.782. The lowest BCUT2D eigenvalue weighted by Crippen LogP contribution is -2.41. The number of nitriles is 1. The van der Waals surface area contributed by atoms with Crippen LogP contribution in [-0.2, 0) is 9.31 Å². The molecule has 1 fully saturated rings. The van der Waals surface area contributed by atoms with E-state index < -0.39 is 7.12 Å². The molecule has 0 N–H and O–H groups in total. The first-order valence-electron chi connectivity index (χ1n) is 7.21. The molecule has 0 atom stereocenters. The highest BCUT2D eigenvalue weighted by molar-refractivity contribution is 6.62. The van der Waals surface area contributed by atoms with Crippen molar-refractivity contribution in [2.45, 2.75) is 52.7 Å². The fourth-order valence-corrected chi connectivity index (χ4v) is 2.23. The molecule has 3 nitrogen and oxygen atoms in total. The zero-order valence-corrected chi connectivity index (χ0v) is 13.7. The molecule has 4 heteroatoms. The van der Waals surface area contributed by atoms with E-state index in [1.165, 1.54) is 0 Å². The maximum absolute atomic E-state index is 9.34. The summed E-state index contributed by atoms with van der Waals surface area (Å²) in [6.45, 7) is 12.1. The standard InChI is InChI=1S/C17H22BNO2/c1-12(2)9-13-7-8-15(10-14(13)11-19)18-20-16(3,4)17(5,6)21-18/h7-10H,1-6H3. The van der Waals surface area contributed by atoms with Crippen LogP contribution in [0.5, 0.6) is 0 Å². The molecule has 110 valence electrons. The van der Waals surface area contributed by atoms with Gasteiger partial charge in [0.05, 0.1) is 22.8 Å². The largest absolute Gasteiger partial charge is 0.494 e. The van der Waals surface area contributed by atoms with E-state index in [4.69, 9.17) is 9.31 Å². The van der Waals surface area contributed by atoms with E-state index >= 15 is 0 Å². The average Bonchev–Trinajstić information content (AvgIpc) is 2.58. The number of nitrogens with zero attached hydrogens (tertiary/aromatic N) is 1. The molecule has 0 bridgehead atoms. The Labute approximate surface area is 127 Å². The van der Waals surface area contributed by atoms with Crippen molar-refractivity contribution in [3.05, 3.63) is 34.9 Å². The number of benzene rings is 1. The monoisotopic (exact) mass is 283 g/mol. The van der Waals surface area contributed by atoms with Crippen LogP contribution in [0.3, 0.4) is 0 Å². The summed E-state index contributed by atoms with van der Waals surface area (Å²) in [4.78, 5) is 0. The highest BCUT2D eigenvalue weighted by Gasteiger charge is 2.51. The maximum Gasteiger partial charge on any atom is 0.494 e. The van der Waals surface area contributed by atoms with Crippen LogP contribution < -0.4 is 5.46 Å². The van der Waals surface area contributed by atoms with Crippen molar-refractivity contribution in [3.8, 4) is 6.07 Å². The Balaban J connectivity index is 2.36. The molecule has 1 aromatic rings. The minimum Gasteiger partial charge on any atom is -0.399 e. The van der Waals surface area contributed by atoms with Crippen LogP contribution in [0.15, 0.2) is 23.8 Å². The van der Waals surface area contributed by atoms with Gasteiger partial charge in [0.25, 0.3) is 0 Å². The summed E-state index contributed by atoms with van der Waals surface area (Å²) in [5.74, 6) is 0. The molecule has 1 aliphatic heterocycles. The molecule has 0 aromatic heterocycles. The van der Waals surface area contributed by atoms with Gasteiger partial charge in [-0.05, 0) is 58.6 Å². The zero-order valence-electron chi connectivity index (χ0n) is 13.7. The highest BCUT2D eigenvalue weighted by atomic mass is 16.7. The first-order valence-corrected chi connectivity index (χ1v) is 7.21. The smallest absolute Gasteiger partial charge is 0.399 e. The van der Waals surface area contributed by atoms with Crippen LogP contribution in [-0.4, -0.2) is 18.3 Å². The van der Waals surface area contributed by atoms with E-state index in [0.29, 0.717) is 5.56 Å². The minimum absolute atomic E-state index is 0.372. The zero-order chi connectivity index (χ0) is 15.8. The predicted molar refractivity (Wildman–Crippen MR) is 86.2 cm³/mol. The lowest BCUT2D eigenvalue weighted by molar-refractivity contribution is 0.00578. The second kappa shape index (κ2) is 5.33. The molecule has 0 radical (unpaired) electrons. The lowest BCUT2D eigenvalue weighted by Gasteiger charge is -2.32. The number of rotatable bonds is 2. The fraction of sp³-hybridized carbons (Fsp3) is 0.471. The van der Waals surface area contributed by atoms with Gasteiger partial charge in [0.1, 0.15) is 0 Å². The van der Waals surface area contributed by atoms with E-state index in [0.717, 1.165) is 16.6 Å². The van der Waals surface area contributed by atoms with Gasteiger partial charge in [-0.25, -0.2) is 0 Å². The van der Waals surface area contributed by atoms with Gasteiger partial charge in [0, 0.05) is 0 Å². The molecule has 1 heterocycles. The van der Waals surface area contributed by atoms with Crippen molar-refractivity contribution in [3.63, 3.8) is 0 Å². The van der Waals surface area contributed by atoms with Crippen molar-refractivity contribution >= 4 is 18.7 Å². The lowest BCUT2D eigenvalue weighted by atomic mass is 9.77. The van der Waals surface area contributed by atoms with Crippen LogP contribution >= 0.6 is 0 Å². The van der Waals surface area contributed by atoms with Gasteiger partial charge in [0.2, 0.25) is 0 Å². The third-order valence-electron chi connectivity index (χ3n) is 4.17. The Hall–Kier alpha value is -1.57. The molecule has 1 aromatic carbocycles. The van der Waals surface area contributed by atoms with E-state index in [9.17, 15) is 5.26 Å². The summed E-state index contributed by atoms with van der Waals surface area (Å²) in [7, 11) is -0.428. The van der Waals surface area contributed by atoms with Gasteiger partial charge < -0.3 is 9.31 Å². The molecular formula is C17H22BNO2. The van der Waals surface area contributed by atoms with Crippen molar-refractivity contribution in [2.24, 2.45) is 0 Å². The summed E-state index contributed by atoms with van der Waals surface area (Å²) < 4.78 is 12.0. The molecule has 1 aliphatic rings. The molecule has 0 amide bonds. The Bertz CT molecular complexity index is 606. The molecule has 0 unspecified atom stereocenters. The Kier molecular flexibility index (Phi) is 4.01. The summed E-state index contributed by atoms with van der Waals surface area (Å²) in [5.41, 5.74) is 2.87. The van der Waals surface area contributed by atoms with Gasteiger partial charge in [-0.2, -0.15) is 5.26 Å². The molecule has 2 rings (SSSR count). The van der Waals surface area contributed by atoms with Gasteiger partial charge in [-0.3, -0.25) is 0 Å². The molecule has 21 heavy (non-hydrogen) atoms. The van der Waals surface area contributed by atoms with Crippen molar-refractivity contribution < 1.29 is 9.31 Å². The third-order valence-corrected chi connectivity index (χ3v) is 4.17. The predicted octanol–water partition coefficient (Wildman–Crippen LogP) is 3.28. The van der Waals surface area contributed by atoms with E-state index in [1.54, 1.807) is 0 Å². The molecule has 0 aliphatic carbocycles. The Morgan fingerprint density at radius 1 is 1.14 bits per heavy atom. The average molecular weight is 283 g/mol. The van der Waals surface area contributed by atoms with Crippen LogP contribution in [0.25, 0.3) is 6.08 Å². The van der Waals surface area contributed by atoms with Crippen LogP contribution in [0.4, 0.5) is 0 Å². The van der Waals surface area contributed by atoms with E-state index in [2.05, 4.69) is 6.07 Å². The van der Waals surface area contributed by atoms with Crippen LogP contribution in [0.1, 0.15) is 52.7 Å². The van der Waals surface area contributed by atoms with E-state index in [-0.39, 0.29) is 11.2 Å². The number of allylic oxidation sites excluding steroid dienone is 1. The Morgan fingerprint density at radius 2 is 1.71 bits per heavy atom. The molecule has 0 saturated carbocycles. The minimum atomic E-state index is -0.428. The van der Waals surface area contributed by atoms with Crippen molar-refractivity contribution in [2.75, 3.05) is 0 Å². The van der Waals surface area contributed by atoms with Crippen molar-refractivity contribution in [1.29, 1.82) is 5.26 Å². The van der Waals surface area contributed by atoms with Crippen LogP contribution in [0.2, 0.25) is 0 Å². The Morgan fingerprint density at radius 3 is 2.19 bits per heavy atom. The second-order valence-corrected chi connectivity index (χ2v) is 6.77.